The number of hydrogen-bond donors (Lipinski definition) is 1. The number of phenols is 1. The third-order valence-corrected chi connectivity index (χ3v) is 4.40. The Kier molecular flexibility index (Phi) is 5.14. The summed E-state index contributed by atoms with van der Waals surface area (Å²) in [6.07, 6.45) is 1.68. The highest BCUT2D eigenvalue weighted by molar-refractivity contribution is 5.66. The third kappa shape index (κ3) is 4.27. The number of aromatic hydroxyl groups is 1. The van der Waals surface area contributed by atoms with Crippen molar-refractivity contribution in [2.45, 2.75) is 26.2 Å². The van der Waals surface area contributed by atoms with E-state index < -0.39 is 0 Å². The number of pyridine rings is 1. The number of benzene rings is 2. The van der Waals surface area contributed by atoms with Crippen LogP contribution in [0.2, 0.25) is 0 Å². The summed E-state index contributed by atoms with van der Waals surface area (Å²) in [6, 6.07) is 20.0. The van der Waals surface area contributed by atoms with Gasteiger partial charge >= 0.3 is 0 Å². The SMILES string of the molecule is CC(C)(C)c1nc(-c2cccc(Oc3ccccn3)c2)nc(-c2ccccc2O)n1. The molecular weight excluding hydrogens is 376 g/mol. The molecule has 0 fully saturated rings. The van der Waals surface area contributed by atoms with Gasteiger partial charge in [0.2, 0.25) is 5.88 Å². The maximum atomic E-state index is 10.3. The van der Waals surface area contributed by atoms with Crippen molar-refractivity contribution in [3.8, 4) is 40.2 Å². The first kappa shape index (κ1) is 19.5. The van der Waals surface area contributed by atoms with Gasteiger partial charge in [0.1, 0.15) is 17.3 Å². The van der Waals surface area contributed by atoms with Crippen LogP contribution in [-0.2, 0) is 5.41 Å². The Balaban J connectivity index is 1.80. The smallest absolute Gasteiger partial charge is 0.219 e. The van der Waals surface area contributed by atoms with Crippen LogP contribution in [0.25, 0.3) is 22.8 Å². The van der Waals surface area contributed by atoms with Gasteiger partial charge in [0.05, 0.1) is 5.56 Å². The van der Waals surface area contributed by atoms with Gasteiger partial charge in [0.25, 0.3) is 0 Å². The molecule has 0 aliphatic carbocycles. The predicted molar refractivity (Wildman–Crippen MR) is 115 cm³/mol. The minimum absolute atomic E-state index is 0.127. The van der Waals surface area contributed by atoms with E-state index in [1.165, 1.54) is 0 Å². The van der Waals surface area contributed by atoms with Crippen LogP contribution in [-0.4, -0.2) is 25.0 Å². The largest absolute Gasteiger partial charge is 0.507 e. The summed E-state index contributed by atoms with van der Waals surface area (Å²) >= 11 is 0. The Hall–Kier alpha value is -3.80. The normalized spacial score (nSPS) is 11.3. The summed E-state index contributed by atoms with van der Waals surface area (Å²) in [4.78, 5) is 18.2. The molecule has 6 heteroatoms. The molecule has 0 bridgehead atoms. The second-order valence-electron chi connectivity index (χ2n) is 7.87. The third-order valence-electron chi connectivity index (χ3n) is 4.40. The Bertz CT molecular complexity index is 1170. The van der Waals surface area contributed by atoms with Gasteiger partial charge in [-0.15, -0.1) is 0 Å². The maximum absolute atomic E-state index is 10.3. The number of nitrogens with zero attached hydrogens (tertiary/aromatic N) is 4. The molecule has 0 aliphatic rings. The molecule has 0 saturated carbocycles. The highest BCUT2D eigenvalue weighted by Gasteiger charge is 2.22. The van der Waals surface area contributed by atoms with E-state index in [0.717, 1.165) is 5.56 Å². The average molecular weight is 398 g/mol. The number of phenolic OH excluding ortho intramolecular Hbond substituents is 1. The monoisotopic (exact) mass is 398 g/mol. The number of rotatable bonds is 4. The van der Waals surface area contributed by atoms with E-state index >= 15 is 0 Å². The molecule has 0 spiro atoms. The van der Waals surface area contributed by atoms with E-state index in [-0.39, 0.29) is 11.2 Å². The number of para-hydroxylation sites is 1. The zero-order chi connectivity index (χ0) is 21.1. The fraction of sp³-hybridized carbons (Fsp3) is 0.167. The van der Waals surface area contributed by atoms with Gasteiger partial charge < -0.3 is 9.84 Å². The fourth-order valence-corrected chi connectivity index (χ4v) is 2.85. The second-order valence-corrected chi connectivity index (χ2v) is 7.87. The quantitative estimate of drug-likeness (QED) is 0.496. The van der Waals surface area contributed by atoms with Gasteiger partial charge in [-0.3, -0.25) is 0 Å². The van der Waals surface area contributed by atoms with Crippen LogP contribution in [0.15, 0.2) is 72.9 Å². The first-order valence-electron chi connectivity index (χ1n) is 9.64. The molecule has 0 saturated heterocycles. The van der Waals surface area contributed by atoms with Crippen LogP contribution in [0.1, 0.15) is 26.6 Å². The highest BCUT2D eigenvalue weighted by Crippen LogP contribution is 2.31. The molecule has 6 nitrogen and oxygen atoms in total. The molecule has 2 heterocycles. The van der Waals surface area contributed by atoms with E-state index in [4.69, 9.17) is 9.72 Å². The van der Waals surface area contributed by atoms with E-state index in [2.05, 4.69) is 15.0 Å². The fourth-order valence-electron chi connectivity index (χ4n) is 2.85. The Labute approximate surface area is 175 Å². The highest BCUT2D eigenvalue weighted by atomic mass is 16.5. The maximum Gasteiger partial charge on any atom is 0.219 e. The van der Waals surface area contributed by atoms with Crippen molar-refractivity contribution in [3.63, 3.8) is 0 Å². The van der Waals surface area contributed by atoms with Gasteiger partial charge in [0, 0.05) is 23.2 Å². The molecule has 4 rings (SSSR count). The Morgan fingerprint density at radius 3 is 2.30 bits per heavy atom. The van der Waals surface area contributed by atoms with E-state index in [0.29, 0.717) is 34.7 Å². The molecule has 0 atom stereocenters. The molecule has 2 aromatic carbocycles. The zero-order valence-electron chi connectivity index (χ0n) is 17.1. The van der Waals surface area contributed by atoms with E-state index in [1.807, 2.05) is 63.2 Å². The van der Waals surface area contributed by atoms with Gasteiger partial charge in [0.15, 0.2) is 11.6 Å². The second kappa shape index (κ2) is 7.91. The molecule has 0 unspecified atom stereocenters. The van der Waals surface area contributed by atoms with Crippen molar-refractivity contribution in [1.82, 2.24) is 19.9 Å². The lowest BCUT2D eigenvalue weighted by Gasteiger charge is -2.18. The lowest BCUT2D eigenvalue weighted by atomic mass is 9.95. The molecule has 0 aliphatic heterocycles. The summed E-state index contributed by atoms with van der Waals surface area (Å²) in [5.41, 5.74) is 1.05. The number of ether oxygens (including phenoxy) is 1. The number of hydrogen-bond acceptors (Lipinski definition) is 6. The summed E-state index contributed by atoms with van der Waals surface area (Å²) < 4.78 is 5.85. The van der Waals surface area contributed by atoms with E-state index in [9.17, 15) is 5.11 Å². The first-order valence-corrected chi connectivity index (χ1v) is 9.64. The van der Waals surface area contributed by atoms with Gasteiger partial charge in [-0.1, -0.05) is 51.1 Å². The van der Waals surface area contributed by atoms with Gasteiger partial charge in [-0.05, 0) is 30.3 Å². The molecule has 30 heavy (non-hydrogen) atoms. The molecule has 1 N–H and O–H groups in total. The Morgan fingerprint density at radius 2 is 1.57 bits per heavy atom. The van der Waals surface area contributed by atoms with Crippen molar-refractivity contribution in [1.29, 1.82) is 0 Å². The molecule has 150 valence electrons. The molecule has 0 radical (unpaired) electrons. The summed E-state index contributed by atoms with van der Waals surface area (Å²) in [5.74, 6) is 2.85. The molecule has 2 aromatic heterocycles. The van der Waals surface area contributed by atoms with Gasteiger partial charge in [-0.2, -0.15) is 0 Å². The van der Waals surface area contributed by atoms with Crippen molar-refractivity contribution < 1.29 is 9.84 Å². The van der Waals surface area contributed by atoms with Crippen LogP contribution >= 0.6 is 0 Å². The van der Waals surface area contributed by atoms with Crippen LogP contribution in [0.5, 0.6) is 17.4 Å². The average Bonchev–Trinajstić information content (AvgIpc) is 2.74. The summed E-state index contributed by atoms with van der Waals surface area (Å²) in [6.45, 7) is 6.13. The predicted octanol–water partition coefficient (Wildman–Crippen LogP) is 5.40. The number of aromatic nitrogens is 4. The van der Waals surface area contributed by atoms with Crippen molar-refractivity contribution in [2.75, 3.05) is 0 Å². The first-order chi connectivity index (χ1) is 14.4. The van der Waals surface area contributed by atoms with Crippen molar-refractivity contribution in [3.05, 3.63) is 78.8 Å². The van der Waals surface area contributed by atoms with Crippen LogP contribution in [0.3, 0.4) is 0 Å². The van der Waals surface area contributed by atoms with Gasteiger partial charge in [-0.25, -0.2) is 19.9 Å². The molecule has 0 amide bonds. The van der Waals surface area contributed by atoms with Crippen LogP contribution in [0, 0.1) is 0 Å². The standard InChI is InChI=1S/C24H22N4O2/c1-24(2,3)23-27-21(26-22(28-23)18-11-4-5-12-19(18)29)16-9-8-10-17(15-16)30-20-13-6-7-14-25-20/h4-15,29H,1-3H3. The lowest BCUT2D eigenvalue weighted by molar-refractivity contribution is 0.463. The van der Waals surface area contributed by atoms with Crippen molar-refractivity contribution in [2.24, 2.45) is 0 Å². The van der Waals surface area contributed by atoms with Crippen LogP contribution < -0.4 is 4.74 Å². The Morgan fingerprint density at radius 1 is 0.800 bits per heavy atom. The lowest BCUT2D eigenvalue weighted by Crippen LogP contribution is -2.18. The molecule has 4 aromatic rings. The van der Waals surface area contributed by atoms with Crippen molar-refractivity contribution >= 4 is 0 Å². The topological polar surface area (TPSA) is 81.0 Å². The molecular formula is C24H22N4O2. The van der Waals surface area contributed by atoms with E-state index in [1.54, 1.807) is 30.5 Å². The summed E-state index contributed by atoms with van der Waals surface area (Å²) in [7, 11) is 0. The summed E-state index contributed by atoms with van der Waals surface area (Å²) in [5, 5.41) is 10.3. The minimum Gasteiger partial charge on any atom is -0.507 e. The van der Waals surface area contributed by atoms with Crippen LogP contribution in [0.4, 0.5) is 0 Å². The zero-order valence-corrected chi connectivity index (χ0v) is 17.1. The minimum atomic E-state index is -0.293.